The van der Waals surface area contributed by atoms with E-state index in [1.807, 2.05) is 0 Å². The van der Waals surface area contributed by atoms with Crippen LogP contribution in [0.2, 0.25) is 0 Å². The van der Waals surface area contributed by atoms with Gasteiger partial charge in [-0.3, -0.25) is 4.90 Å². The molecule has 0 aromatic heterocycles. The third kappa shape index (κ3) is 2.32. The number of rotatable bonds is 3. The first-order valence-electron chi connectivity index (χ1n) is 5.49. The fraction of sp³-hybridized carbons (Fsp3) is 0.818. The van der Waals surface area contributed by atoms with Crippen molar-refractivity contribution in [1.82, 2.24) is 4.90 Å². The number of nitrogens with zero attached hydrogens (tertiary/aromatic N) is 1. The molecule has 2 atom stereocenters. The number of nitrogens with two attached hydrogens (primary N) is 1. The summed E-state index contributed by atoms with van der Waals surface area (Å²) in [5.41, 5.74) is 6.03. The van der Waals surface area contributed by atoms with Crippen molar-refractivity contribution in [2.75, 3.05) is 19.6 Å². The second kappa shape index (κ2) is 4.25. The smallest absolute Gasteiger partial charge is 0.0166 e. The Morgan fingerprint density at radius 3 is 2.62 bits per heavy atom. The van der Waals surface area contributed by atoms with Gasteiger partial charge in [0.25, 0.3) is 0 Å². The van der Waals surface area contributed by atoms with Gasteiger partial charge in [-0.15, -0.1) is 0 Å². The van der Waals surface area contributed by atoms with Crippen molar-refractivity contribution in [1.29, 1.82) is 0 Å². The van der Waals surface area contributed by atoms with Crippen LogP contribution >= 0.6 is 0 Å². The van der Waals surface area contributed by atoms with Crippen molar-refractivity contribution in [3.63, 3.8) is 0 Å². The van der Waals surface area contributed by atoms with Gasteiger partial charge in [0, 0.05) is 19.1 Å². The van der Waals surface area contributed by atoms with E-state index in [2.05, 4.69) is 17.1 Å². The highest BCUT2D eigenvalue weighted by atomic mass is 15.1. The lowest BCUT2D eigenvalue weighted by Gasteiger charge is -2.20. The van der Waals surface area contributed by atoms with Gasteiger partial charge in [0.2, 0.25) is 0 Å². The summed E-state index contributed by atoms with van der Waals surface area (Å²) < 4.78 is 0. The van der Waals surface area contributed by atoms with Crippen LogP contribution < -0.4 is 5.73 Å². The third-order valence-corrected chi connectivity index (χ3v) is 3.43. The largest absolute Gasteiger partial charge is 0.327 e. The van der Waals surface area contributed by atoms with Gasteiger partial charge in [-0.25, -0.2) is 0 Å². The molecule has 0 spiro atoms. The first-order valence-corrected chi connectivity index (χ1v) is 5.49. The molecular formula is C11H20N2. The van der Waals surface area contributed by atoms with Crippen LogP contribution in [-0.2, 0) is 0 Å². The fourth-order valence-electron chi connectivity index (χ4n) is 2.48. The van der Waals surface area contributed by atoms with E-state index in [0.29, 0.717) is 6.04 Å². The van der Waals surface area contributed by atoms with Crippen molar-refractivity contribution in [3.8, 4) is 0 Å². The summed E-state index contributed by atoms with van der Waals surface area (Å²) in [4.78, 5) is 2.49. The quantitative estimate of drug-likeness (QED) is 0.665. The Kier molecular flexibility index (Phi) is 3.01. The molecule has 0 bridgehead atoms. The summed E-state index contributed by atoms with van der Waals surface area (Å²) >= 11 is 0. The van der Waals surface area contributed by atoms with E-state index in [1.165, 1.54) is 32.2 Å². The zero-order chi connectivity index (χ0) is 9.10. The lowest BCUT2D eigenvalue weighted by atomic mass is 10.0. The molecule has 0 amide bonds. The van der Waals surface area contributed by atoms with Gasteiger partial charge in [0.05, 0.1) is 0 Å². The summed E-state index contributed by atoms with van der Waals surface area (Å²) in [7, 11) is 0. The Labute approximate surface area is 80.8 Å². The molecule has 2 unspecified atom stereocenters. The van der Waals surface area contributed by atoms with Crippen LogP contribution in [-0.4, -0.2) is 30.6 Å². The molecule has 2 rings (SSSR count). The Balaban J connectivity index is 1.67. The van der Waals surface area contributed by atoms with Crippen molar-refractivity contribution >= 4 is 0 Å². The molecule has 2 nitrogen and oxygen atoms in total. The zero-order valence-electron chi connectivity index (χ0n) is 8.28. The maximum absolute atomic E-state index is 6.03. The monoisotopic (exact) mass is 180 g/mol. The molecule has 74 valence electrons. The summed E-state index contributed by atoms with van der Waals surface area (Å²) in [6, 6.07) is 0.496. The third-order valence-electron chi connectivity index (χ3n) is 3.43. The summed E-state index contributed by atoms with van der Waals surface area (Å²) in [6.45, 7) is 3.55. The van der Waals surface area contributed by atoms with E-state index in [1.54, 1.807) is 0 Å². The first kappa shape index (κ1) is 9.22. The average molecular weight is 180 g/mol. The topological polar surface area (TPSA) is 29.3 Å². The van der Waals surface area contributed by atoms with E-state index >= 15 is 0 Å². The van der Waals surface area contributed by atoms with Crippen LogP contribution in [0.1, 0.15) is 25.7 Å². The SMILES string of the molecule is NC1CCCC1CCN1CC=CC1. The molecular weight excluding hydrogens is 160 g/mol. The van der Waals surface area contributed by atoms with E-state index in [0.717, 1.165) is 19.0 Å². The molecule has 1 aliphatic carbocycles. The van der Waals surface area contributed by atoms with Gasteiger partial charge in [-0.2, -0.15) is 0 Å². The van der Waals surface area contributed by atoms with E-state index in [-0.39, 0.29) is 0 Å². The van der Waals surface area contributed by atoms with Gasteiger partial charge < -0.3 is 5.73 Å². The van der Waals surface area contributed by atoms with Crippen LogP contribution in [0.15, 0.2) is 12.2 Å². The van der Waals surface area contributed by atoms with E-state index < -0.39 is 0 Å². The second-order valence-corrected chi connectivity index (χ2v) is 4.37. The van der Waals surface area contributed by atoms with Gasteiger partial charge >= 0.3 is 0 Å². The molecule has 0 aromatic rings. The Hall–Kier alpha value is -0.340. The Morgan fingerprint density at radius 2 is 2.00 bits per heavy atom. The summed E-state index contributed by atoms with van der Waals surface area (Å²) in [5.74, 6) is 0.806. The minimum Gasteiger partial charge on any atom is -0.327 e. The fourth-order valence-corrected chi connectivity index (χ4v) is 2.48. The lowest BCUT2D eigenvalue weighted by molar-refractivity contribution is 0.304. The van der Waals surface area contributed by atoms with E-state index in [4.69, 9.17) is 5.73 Å². The van der Waals surface area contributed by atoms with Crippen LogP contribution in [0.25, 0.3) is 0 Å². The Morgan fingerprint density at radius 1 is 1.23 bits per heavy atom. The summed E-state index contributed by atoms with van der Waals surface area (Å²) in [5, 5.41) is 0. The number of hydrogen-bond donors (Lipinski definition) is 1. The van der Waals surface area contributed by atoms with Crippen LogP contribution in [0.4, 0.5) is 0 Å². The molecule has 0 saturated heterocycles. The normalized spacial score (nSPS) is 34.5. The van der Waals surface area contributed by atoms with Gasteiger partial charge in [-0.1, -0.05) is 18.6 Å². The summed E-state index contributed by atoms with van der Waals surface area (Å²) in [6.07, 6.45) is 9.79. The van der Waals surface area contributed by atoms with Crippen molar-refractivity contribution in [2.24, 2.45) is 11.7 Å². The molecule has 2 heteroatoms. The number of hydrogen-bond acceptors (Lipinski definition) is 2. The molecule has 0 radical (unpaired) electrons. The predicted molar refractivity (Wildman–Crippen MR) is 55.5 cm³/mol. The van der Waals surface area contributed by atoms with Gasteiger partial charge in [0.15, 0.2) is 0 Å². The highest BCUT2D eigenvalue weighted by Gasteiger charge is 2.23. The van der Waals surface area contributed by atoms with Crippen LogP contribution in [0.3, 0.4) is 0 Å². The molecule has 1 aliphatic heterocycles. The van der Waals surface area contributed by atoms with Crippen molar-refractivity contribution < 1.29 is 0 Å². The average Bonchev–Trinajstić information content (AvgIpc) is 2.72. The minimum atomic E-state index is 0.496. The highest BCUT2D eigenvalue weighted by Crippen LogP contribution is 2.26. The molecule has 2 aliphatic rings. The molecule has 13 heavy (non-hydrogen) atoms. The van der Waals surface area contributed by atoms with Gasteiger partial charge in [-0.05, 0) is 31.7 Å². The molecule has 1 heterocycles. The van der Waals surface area contributed by atoms with Gasteiger partial charge in [0.1, 0.15) is 0 Å². The predicted octanol–water partition coefficient (Wildman–Crippen LogP) is 1.38. The second-order valence-electron chi connectivity index (χ2n) is 4.37. The lowest BCUT2D eigenvalue weighted by Crippen LogP contribution is -2.29. The van der Waals surface area contributed by atoms with Crippen molar-refractivity contribution in [2.45, 2.75) is 31.7 Å². The Bertz CT molecular complexity index is 181. The maximum atomic E-state index is 6.03. The molecule has 1 fully saturated rings. The van der Waals surface area contributed by atoms with E-state index in [9.17, 15) is 0 Å². The molecule has 0 aromatic carbocycles. The van der Waals surface area contributed by atoms with Crippen molar-refractivity contribution in [3.05, 3.63) is 12.2 Å². The molecule has 1 saturated carbocycles. The maximum Gasteiger partial charge on any atom is 0.0166 e. The standard InChI is InChI=1S/C11H20N2/c12-11-5-3-4-10(11)6-9-13-7-1-2-8-13/h1-2,10-11H,3-9,12H2. The minimum absolute atomic E-state index is 0.496. The van der Waals surface area contributed by atoms with Crippen LogP contribution in [0.5, 0.6) is 0 Å². The molecule has 2 N–H and O–H groups in total. The van der Waals surface area contributed by atoms with Crippen LogP contribution in [0, 0.1) is 5.92 Å². The zero-order valence-corrected chi connectivity index (χ0v) is 8.28. The highest BCUT2D eigenvalue weighted by molar-refractivity contribution is 4.95. The first-order chi connectivity index (χ1) is 6.36.